The lowest BCUT2D eigenvalue weighted by atomic mass is 9.93. The van der Waals surface area contributed by atoms with Crippen molar-refractivity contribution in [2.45, 2.75) is 43.4 Å². The lowest BCUT2D eigenvalue weighted by Gasteiger charge is -2.36. The molecular formula is C37H34Cl2F3N9O4. The third-order valence-electron chi connectivity index (χ3n) is 10.8. The molecule has 1 aliphatic carbocycles. The summed E-state index contributed by atoms with van der Waals surface area (Å²) in [5.41, 5.74) is 1.90. The molecule has 8 rings (SSSR count). The highest BCUT2D eigenvalue weighted by atomic mass is 35.5. The molecule has 2 saturated heterocycles. The summed E-state index contributed by atoms with van der Waals surface area (Å²) < 4.78 is 49.3. The van der Waals surface area contributed by atoms with Crippen molar-refractivity contribution in [2.24, 2.45) is 14.1 Å². The zero-order valence-electron chi connectivity index (χ0n) is 29.8. The number of carbonyl (C=O) groups is 1. The maximum atomic E-state index is 13.9. The number of anilines is 2. The molecule has 5 heterocycles. The number of carbonyl (C=O) groups excluding carboxylic acids is 1. The summed E-state index contributed by atoms with van der Waals surface area (Å²) in [4.78, 5) is 52.4. The highest BCUT2D eigenvalue weighted by Crippen LogP contribution is 2.47. The molecule has 0 radical (unpaired) electrons. The number of pyridine rings is 1. The van der Waals surface area contributed by atoms with Crippen molar-refractivity contribution in [2.75, 3.05) is 32.1 Å². The van der Waals surface area contributed by atoms with Gasteiger partial charge in [0.05, 0.1) is 34.1 Å². The van der Waals surface area contributed by atoms with Crippen LogP contribution < -0.4 is 31.9 Å². The zero-order valence-corrected chi connectivity index (χ0v) is 31.3. The first-order valence-electron chi connectivity index (χ1n) is 17.5. The molecule has 18 heteroatoms. The molecular weight excluding hydrogens is 762 g/mol. The fraction of sp³-hybridized carbons (Fsp3) is 0.351. The number of fused-ring (bicyclic) bond motifs is 2. The van der Waals surface area contributed by atoms with Crippen molar-refractivity contribution in [3.05, 3.63) is 90.3 Å². The molecule has 2 unspecified atom stereocenters. The van der Waals surface area contributed by atoms with E-state index in [0.29, 0.717) is 39.8 Å². The molecule has 0 saturated carbocycles. The van der Waals surface area contributed by atoms with Crippen molar-refractivity contribution in [3.8, 4) is 28.3 Å². The molecule has 13 nitrogen and oxygen atoms in total. The molecule has 55 heavy (non-hydrogen) atoms. The first-order chi connectivity index (χ1) is 26.2. The average Bonchev–Trinajstić information content (AvgIpc) is 3.77. The summed E-state index contributed by atoms with van der Waals surface area (Å²) in [6.07, 6.45) is -1.59. The molecule has 3 N–H and O–H groups in total. The Balaban J connectivity index is 1.15. The lowest BCUT2D eigenvalue weighted by Crippen LogP contribution is -2.59. The summed E-state index contributed by atoms with van der Waals surface area (Å²) in [5.74, 6) is -1.53. The number of amides is 2. The highest BCUT2D eigenvalue weighted by molar-refractivity contribution is 6.39. The molecule has 286 valence electrons. The van der Waals surface area contributed by atoms with Gasteiger partial charge in [-0.3, -0.25) is 18.8 Å². The molecule has 2 fully saturated rings. The number of aromatic nitrogens is 5. The number of benzene rings is 2. The van der Waals surface area contributed by atoms with Gasteiger partial charge in [-0.15, -0.1) is 0 Å². The average molecular weight is 797 g/mol. The Morgan fingerprint density at radius 3 is 2.42 bits per heavy atom. The maximum Gasteiger partial charge on any atom is 0.451 e. The van der Waals surface area contributed by atoms with E-state index in [9.17, 15) is 27.6 Å². The van der Waals surface area contributed by atoms with E-state index in [1.807, 2.05) is 12.1 Å². The lowest BCUT2D eigenvalue weighted by molar-refractivity contribution is -0.144. The van der Waals surface area contributed by atoms with Gasteiger partial charge in [-0.2, -0.15) is 13.2 Å². The topological polar surface area (TPSA) is 148 Å². The number of rotatable bonds is 6. The van der Waals surface area contributed by atoms with E-state index in [-0.39, 0.29) is 33.7 Å². The number of nitrogens with one attached hydrogen (secondary N) is 3. The van der Waals surface area contributed by atoms with Gasteiger partial charge in [0, 0.05) is 62.0 Å². The van der Waals surface area contributed by atoms with Gasteiger partial charge in [-0.25, -0.2) is 24.5 Å². The Morgan fingerprint density at radius 1 is 0.964 bits per heavy atom. The van der Waals surface area contributed by atoms with Crippen molar-refractivity contribution >= 4 is 51.8 Å². The van der Waals surface area contributed by atoms with Crippen LogP contribution in [-0.2, 0) is 26.7 Å². The van der Waals surface area contributed by atoms with E-state index in [1.54, 1.807) is 31.4 Å². The van der Waals surface area contributed by atoms with Gasteiger partial charge in [-0.05, 0) is 43.4 Å². The van der Waals surface area contributed by atoms with Crippen molar-refractivity contribution in [1.82, 2.24) is 39.6 Å². The molecule has 1 spiro atoms. The number of nitrogens with zero attached hydrogens (tertiary/aromatic N) is 6. The number of halogens is 5. The van der Waals surface area contributed by atoms with E-state index in [0.717, 1.165) is 59.0 Å². The summed E-state index contributed by atoms with van der Waals surface area (Å²) in [6.45, 7) is 2.23. The van der Waals surface area contributed by atoms with E-state index in [4.69, 9.17) is 32.9 Å². The minimum absolute atomic E-state index is 0.0813. The number of alkyl halides is 3. The van der Waals surface area contributed by atoms with Crippen molar-refractivity contribution in [3.63, 3.8) is 0 Å². The SMILES string of the molecule is COc1nc(-c2cccc(-c3cccc(Nc4nc(C(F)(F)F)nc5c4c(=O)n(C)c(=O)n5C)c3Cl)c2Cl)cc2c1C(N1CCC3(CCNC(=O)N3)C1)CC2. The zero-order chi connectivity index (χ0) is 39.0. The number of likely N-dealkylation sites (tertiary alicyclic amines) is 1. The molecule has 3 aromatic heterocycles. The number of hydrogen-bond acceptors (Lipinski definition) is 9. The molecule has 0 bridgehead atoms. The quantitative estimate of drug-likeness (QED) is 0.189. The minimum Gasteiger partial charge on any atom is -0.481 e. The number of hydrogen-bond donors (Lipinski definition) is 3. The Morgan fingerprint density at radius 2 is 1.69 bits per heavy atom. The van der Waals surface area contributed by atoms with Crippen molar-refractivity contribution in [1.29, 1.82) is 0 Å². The molecule has 3 aliphatic rings. The molecule has 2 amide bonds. The number of urea groups is 1. The first-order valence-corrected chi connectivity index (χ1v) is 18.2. The third kappa shape index (κ3) is 6.25. The highest BCUT2D eigenvalue weighted by Gasteiger charge is 2.45. The van der Waals surface area contributed by atoms with Crippen LogP contribution in [0.5, 0.6) is 5.88 Å². The summed E-state index contributed by atoms with van der Waals surface area (Å²) in [7, 11) is 4.01. The van der Waals surface area contributed by atoms with Crippen LogP contribution in [0.15, 0.2) is 52.1 Å². The van der Waals surface area contributed by atoms with Crippen LogP contribution in [0.1, 0.15) is 42.3 Å². The Hall–Kier alpha value is -5.19. The predicted molar refractivity (Wildman–Crippen MR) is 201 cm³/mol. The normalized spacial score (nSPS) is 19.8. The predicted octanol–water partition coefficient (Wildman–Crippen LogP) is 5.97. The fourth-order valence-corrected chi connectivity index (χ4v) is 8.66. The van der Waals surface area contributed by atoms with Gasteiger partial charge in [0.25, 0.3) is 5.56 Å². The smallest absolute Gasteiger partial charge is 0.451 e. The van der Waals surface area contributed by atoms with E-state index >= 15 is 0 Å². The van der Waals surface area contributed by atoms with Gasteiger partial charge in [0.15, 0.2) is 5.65 Å². The fourth-order valence-electron chi connectivity index (χ4n) is 8.06. The van der Waals surface area contributed by atoms with E-state index in [2.05, 4.69) is 30.8 Å². The van der Waals surface area contributed by atoms with Gasteiger partial charge >= 0.3 is 17.9 Å². The van der Waals surface area contributed by atoms with Crippen LogP contribution in [0.25, 0.3) is 33.4 Å². The van der Waals surface area contributed by atoms with Crippen LogP contribution in [-0.4, -0.2) is 67.3 Å². The van der Waals surface area contributed by atoms with Crippen LogP contribution in [0.3, 0.4) is 0 Å². The van der Waals surface area contributed by atoms with Crippen LogP contribution in [0.2, 0.25) is 10.0 Å². The second-order valence-corrected chi connectivity index (χ2v) is 14.8. The molecule has 5 aromatic rings. The van der Waals surface area contributed by atoms with Crippen molar-refractivity contribution < 1.29 is 22.7 Å². The molecule has 2 atom stereocenters. The van der Waals surface area contributed by atoms with E-state index in [1.165, 1.54) is 20.2 Å². The first kappa shape index (κ1) is 36.8. The molecule has 2 aliphatic heterocycles. The summed E-state index contributed by atoms with van der Waals surface area (Å²) in [6, 6.07) is 12.2. The standard InChI is InChI=1S/C37H34Cl2F3N9O4/c1-49-30-26(32(52)50(2)35(49)54)29(46-33(47-30)37(40,41)42)44-22-9-5-7-20(28(22)39)19-6-4-8-21(27(19)38)23-16-18-10-11-24(25(18)31(45-23)55-3)51-15-13-36(17-51)12-14-43-34(53)48-36/h4-9,16,24H,10-15,17H2,1-3H3,(H2,43,48,53)(H,44,46,47). The van der Waals surface area contributed by atoms with Gasteiger partial charge in [-0.1, -0.05) is 53.5 Å². The second-order valence-electron chi connectivity index (χ2n) is 14.0. The van der Waals surface area contributed by atoms with Gasteiger partial charge in [0.2, 0.25) is 11.7 Å². The number of methoxy groups -OCH3 is 1. The molecule has 2 aromatic carbocycles. The van der Waals surface area contributed by atoms with Gasteiger partial charge < -0.3 is 20.7 Å². The Labute approximate surface area is 321 Å². The van der Waals surface area contributed by atoms with Crippen LogP contribution in [0, 0.1) is 0 Å². The van der Waals surface area contributed by atoms with Crippen LogP contribution >= 0.6 is 23.2 Å². The largest absolute Gasteiger partial charge is 0.481 e. The van der Waals surface area contributed by atoms with E-state index < -0.39 is 34.7 Å². The third-order valence-corrected chi connectivity index (χ3v) is 11.6. The second kappa shape index (κ2) is 13.5. The summed E-state index contributed by atoms with van der Waals surface area (Å²) >= 11 is 14.1. The maximum absolute atomic E-state index is 13.9. The summed E-state index contributed by atoms with van der Waals surface area (Å²) in [5, 5.41) is 8.88. The Kier molecular flexibility index (Phi) is 9.04. The monoisotopic (exact) mass is 795 g/mol. The van der Waals surface area contributed by atoms with Crippen LogP contribution in [0.4, 0.5) is 29.5 Å². The minimum atomic E-state index is -4.99. The van der Waals surface area contributed by atoms with Gasteiger partial charge in [0.1, 0.15) is 11.2 Å². The number of ether oxygens (including phenoxy) is 1. The Bertz CT molecular complexity index is 2540. The number of aryl methyl sites for hydroxylation is 2.